The zero-order chi connectivity index (χ0) is 21.4. The van der Waals surface area contributed by atoms with Crippen molar-refractivity contribution in [2.45, 2.75) is 32.6 Å². The standard InChI is InChI=1S/C20H24BrNO5S2/c1-4-27-15-11-13(10-14(21)18(15)26-3)12-16-19(24)22(20(28)29-16)9-7-5-6-8-17(23)25-2/h10-12H,4-9H2,1-3H3/b16-12-. The molecule has 1 heterocycles. The third kappa shape index (κ3) is 6.45. The number of esters is 1. The highest BCUT2D eigenvalue weighted by Crippen LogP contribution is 2.39. The molecule has 0 radical (unpaired) electrons. The first-order valence-electron chi connectivity index (χ1n) is 9.23. The summed E-state index contributed by atoms with van der Waals surface area (Å²) in [4.78, 5) is 26.1. The second-order valence-electron chi connectivity index (χ2n) is 6.19. The van der Waals surface area contributed by atoms with E-state index in [1.165, 1.54) is 18.9 Å². The van der Waals surface area contributed by atoms with E-state index < -0.39 is 0 Å². The van der Waals surface area contributed by atoms with Gasteiger partial charge in [-0.25, -0.2) is 0 Å². The van der Waals surface area contributed by atoms with Crippen molar-refractivity contribution in [3.8, 4) is 11.5 Å². The minimum atomic E-state index is -0.212. The third-order valence-electron chi connectivity index (χ3n) is 4.20. The quantitative estimate of drug-likeness (QED) is 0.197. The lowest BCUT2D eigenvalue weighted by Crippen LogP contribution is -2.29. The fourth-order valence-corrected chi connectivity index (χ4v) is 4.72. The molecule has 158 valence electrons. The molecule has 0 unspecified atom stereocenters. The second kappa shape index (κ2) is 11.6. The third-order valence-corrected chi connectivity index (χ3v) is 6.16. The maximum Gasteiger partial charge on any atom is 0.305 e. The Kier molecular flexibility index (Phi) is 9.45. The average molecular weight is 502 g/mol. The van der Waals surface area contributed by atoms with Crippen molar-refractivity contribution in [1.29, 1.82) is 0 Å². The van der Waals surface area contributed by atoms with E-state index >= 15 is 0 Å². The van der Waals surface area contributed by atoms with Crippen LogP contribution >= 0.6 is 39.9 Å². The predicted molar refractivity (Wildman–Crippen MR) is 122 cm³/mol. The van der Waals surface area contributed by atoms with Crippen LogP contribution in [0.4, 0.5) is 0 Å². The summed E-state index contributed by atoms with van der Waals surface area (Å²) in [5.74, 6) is 0.911. The molecular weight excluding hydrogens is 478 g/mol. The number of benzene rings is 1. The Morgan fingerprint density at radius 1 is 1.28 bits per heavy atom. The summed E-state index contributed by atoms with van der Waals surface area (Å²) in [6.07, 6.45) is 4.54. The largest absolute Gasteiger partial charge is 0.492 e. The number of rotatable bonds is 10. The molecule has 6 nitrogen and oxygen atoms in total. The van der Waals surface area contributed by atoms with Gasteiger partial charge in [0, 0.05) is 13.0 Å². The summed E-state index contributed by atoms with van der Waals surface area (Å²) in [5.41, 5.74) is 0.819. The molecule has 9 heteroatoms. The van der Waals surface area contributed by atoms with Gasteiger partial charge in [0.25, 0.3) is 5.91 Å². The Morgan fingerprint density at radius 2 is 2.03 bits per heavy atom. The van der Waals surface area contributed by atoms with Crippen molar-refractivity contribution in [2.24, 2.45) is 0 Å². The monoisotopic (exact) mass is 501 g/mol. The predicted octanol–water partition coefficient (Wildman–Crippen LogP) is 4.79. The molecule has 1 aromatic carbocycles. The van der Waals surface area contributed by atoms with Crippen LogP contribution in [0, 0.1) is 0 Å². The average Bonchev–Trinajstić information content (AvgIpc) is 2.94. The molecule has 2 rings (SSSR count). The molecule has 1 aliphatic heterocycles. The van der Waals surface area contributed by atoms with Gasteiger partial charge in [-0.05, 0) is 59.5 Å². The van der Waals surface area contributed by atoms with Gasteiger partial charge in [-0.1, -0.05) is 30.4 Å². The minimum absolute atomic E-state index is 0.0992. The smallest absolute Gasteiger partial charge is 0.305 e. The van der Waals surface area contributed by atoms with Gasteiger partial charge in [0.05, 0.1) is 30.2 Å². The van der Waals surface area contributed by atoms with Crippen molar-refractivity contribution in [3.63, 3.8) is 0 Å². The highest BCUT2D eigenvalue weighted by Gasteiger charge is 2.31. The molecule has 1 amide bonds. The number of carbonyl (C=O) groups excluding carboxylic acids is 2. The zero-order valence-electron chi connectivity index (χ0n) is 16.7. The number of thiocarbonyl (C=S) groups is 1. The molecular formula is C20H24BrNO5S2. The van der Waals surface area contributed by atoms with Gasteiger partial charge < -0.3 is 14.2 Å². The summed E-state index contributed by atoms with van der Waals surface area (Å²) < 4.78 is 16.9. The summed E-state index contributed by atoms with van der Waals surface area (Å²) in [6, 6.07) is 3.72. The Balaban J connectivity index is 2.05. The first-order valence-corrected chi connectivity index (χ1v) is 11.3. The molecule has 0 aromatic heterocycles. The van der Waals surface area contributed by atoms with Crippen molar-refractivity contribution in [1.82, 2.24) is 4.90 Å². The van der Waals surface area contributed by atoms with E-state index in [2.05, 4.69) is 20.7 Å². The number of unbranched alkanes of at least 4 members (excludes halogenated alkanes) is 2. The molecule has 0 atom stereocenters. The minimum Gasteiger partial charge on any atom is -0.492 e. The lowest BCUT2D eigenvalue weighted by Gasteiger charge is -2.14. The van der Waals surface area contributed by atoms with Gasteiger partial charge >= 0.3 is 5.97 Å². The van der Waals surface area contributed by atoms with E-state index in [4.69, 9.17) is 21.7 Å². The number of halogens is 1. The molecule has 0 saturated carbocycles. The highest BCUT2D eigenvalue weighted by atomic mass is 79.9. The van der Waals surface area contributed by atoms with Crippen molar-refractivity contribution in [2.75, 3.05) is 27.4 Å². The Labute approximate surface area is 189 Å². The lowest BCUT2D eigenvalue weighted by atomic mass is 10.1. The molecule has 29 heavy (non-hydrogen) atoms. The summed E-state index contributed by atoms with van der Waals surface area (Å²) in [6.45, 7) is 2.94. The summed E-state index contributed by atoms with van der Waals surface area (Å²) >= 11 is 10.2. The Hall–Kier alpha value is -1.58. The van der Waals surface area contributed by atoms with Crippen LogP contribution in [0.3, 0.4) is 0 Å². The molecule has 1 saturated heterocycles. The number of amides is 1. The van der Waals surface area contributed by atoms with E-state index in [1.54, 1.807) is 12.0 Å². The topological polar surface area (TPSA) is 65.1 Å². The van der Waals surface area contributed by atoms with E-state index in [1.807, 2.05) is 25.1 Å². The molecule has 1 aromatic rings. The molecule has 1 aliphatic rings. The Bertz CT molecular complexity index is 812. The van der Waals surface area contributed by atoms with E-state index in [0.29, 0.717) is 40.3 Å². The van der Waals surface area contributed by atoms with Gasteiger partial charge in [-0.2, -0.15) is 0 Å². The molecule has 0 spiro atoms. The van der Waals surface area contributed by atoms with Crippen molar-refractivity contribution >= 4 is 62.2 Å². The van der Waals surface area contributed by atoms with Crippen molar-refractivity contribution in [3.05, 3.63) is 27.1 Å². The lowest BCUT2D eigenvalue weighted by molar-refractivity contribution is -0.140. The summed E-state index contributed by atoms with van der Waals surface area (Å²) in [7, 11) is 2.96. The van der Waals surface area contributed by atoms with Crippen LogP contribution in [0.15, 0.2) is 21.5 Å². The first kappa shape index (κ1) is 23.7. The van der Waals surface area contributed by atoms with E-state index in [0.717, 1.165) is 29.3 Å². The number of hydrogen-bond acceptors (Lipinski definition) is 7. The molecule has 0 aliphatic carbocycles. The van der Waals surface area contributed by atoms with E-state index in [9.17, 15) is 9.59 Å². The SMILES string of the molecule is CCOc1cc(/C=C2\SC(=S)N(CCCCCC(=O)OC)C2=O)cc(Br)c1OC. The molecule has 0 bridgehead atoms. The second-order valence-corrected chi connectivity index (χ2v) is 8.72. The van der Waals surface area contributed by atoms with Crippen LogP contribution in [-0.2, 0) is 14.3 Å². The van der Waals surface area contributed by atoms with E-state index in [-0.39, 0.29) is 11.9 Å². The summed E-state index contributed by atoms with van der Waals surface area (Å²) in [5, 5.41) is 0. The normalized spacial score (nSPS) is 15.2. The number of thioether (sulfide) groups is 1. The van der Waals surface area contributed by atoms with Crippen LogP contribution in [0.1, 0.15) is 38.2 Å². The molecule has 0 N–H and O–H groups in total. The van der Waals surface area contributed by atoms with Crippen molar-refractivity contribution < 1.29 is 23.8 Å². The highest BCUT2D eigenvalue weighted by molar-refractivity contribution is 9.10. The molecule has 1 fully saturated rings. The maximum absolute atomic E-state index is 12.8. The zero-order valence-corrected chi connectivity index (χ0v) is 19.9. The van der Waals surface area contributed by atoms with Crippen LogP contribution in [0.25, 0.3) is 6.08 Å². The van der Waals surface area contributed by atoms with Crippen LogP contribution in [-0.4, -0.2) is 48.5 Å². The Morgan fingerprint density at radius 3 is 2.69 bits per heavy atom. The van der Waals surface area contributed by atoms with Gasteiger partial charge in [0.15, 0.2) is 11.5 Å². The van der Waals surface area contributed by atoms with Crippen LogP contribution in [0.2, 0.25) is 0 Å². The van der Waals surface area contributed by atoms with Gasteiger partial charge in [-0.3, -0.25) is 14.5 Å². The maximum atomic E-state index is 12.8. The first-order chi connectivity index (χ1) is 13.9. The van der Waals surface area contributed by atoms with Crippen LogP contribution < -0.4 is 9.47 Å². The number of carbonyl (C=O) groups is 2. The van der Waals surface area contributed by atoms with Gasteiger partial charge in [0.2, 0.25) is 0 Å². The fourth-order valence-electron chi connectivity index (χ4n) is 2.79. The number of hydrogen-bond donors (Lipinski definition) is 0. The number of ether oxygens (including phenoxy) is 3. The van der Waals surface area contributed by atoms with Crippen LogP contribution in [0.5, 0.6) is 11.5 Å². The number of nitrogens with zero attached hydrogens (tertiary/aromatic N) is 1. The van der Waals surface area contributed by atoms with Gasteiger partial charge in [-0.15, -0.1) is 0 Å². The fraction of sp³-hybridized carbons (Fsp3) is 0.450. The number of methoxy groups -OCH3 is 2. The van der Waals surface area contributed by atoms with Gasteiger partial charge in [0.1, 0.15) is 4.32 Å².